The van der Waals surface area contributed by atoms with Gasteiger partial charge in [0.05, 0.1) is 10.7 Å². The maximum atomic E-state index is 12.0. The molecule has 4 N–H and O–H groups in total. The molecule has 1 aromatic carbocycles. The molecule has 0 bridgehead atoms. The van der Waals surface area contributed by atoms with Crippen LogP contribution in [0.15, 0.2) is 30.0 Å². The Kier molecular flexibility index (Phi) is 6.53. The van der Waals surface area contributed by atoms with E-state index in [1.54, 1.807) is 12.1 Å². The molecule has 0 aliphatic rings. The standard InChI is InChI=1S/C14H18ClN5O/c1-20(2)6-5-18-9-10(8-16)14(21)19-13-4-3-11(17)7-12(13)15/h3-4,7,9,18H,5-6,17H2,1-2H3,(H,19,21)/b10-9-. The van der Waals surface area contributed by atoms with Gasteiger partial charge >= 0.3 is 0 Å². The van der Waals surface area contributed by atoms with Crippen molar-refractivity contribution in [1.82, 2.24) is 10.2 Å². The zero-order valence-corrected chi connectivity index (χ0v) is 12.7. The highest BCUT2D eigenvalue weighted by Gasteiger charge is 2.11. The summed E-state index contributed by atoms with van der Waals surface area (Å²) in [6, 6.07) is 6.58. The molecular formula is C14H18ClN5O. The number of nitriles is 1. The number of hydrogen-bond acceptors (Lipinski definition) is 5. The zero-order chi connectivity index (χ0) is 15.8. The summed E-state index contributed by atoms with van der Waals surface area (Å²) in [5.41, 5.74) is 6.46. The van der Waals surface area contributed by atoms with Gasteiger partial charge in [-0.25, -0.2) is 0 Å². The lowest BCUT2D eigenvalue weighted by atomic mass is 10.2. The van der Waals surface area contributed by atoms with Crippen molar-refractivity contribution in [1.29, 1.82) is 5.26 Å². The van der Waals surface area contributed by atoms with Gasteiger partial charge in [-0.05, 0) is 32.3 Å². The number of nitrogens with one attached hydrogen (secondary N) is 2. The quantitative estimate of drug-likeness (QED) is 0.320. The summed E-state index contributed by atoms with van der Waals surface area (Å²) < 4.78 is 0. The Morgan fingerprint density at radius 3 is 2.81 bits per heavy atom. The topological polar surface area (TPSA) is 94.2 Å². The fourth-order valence-corrected chi connectivity index (χ4v) is 1.67. The number of benzene rings is 1. The first-order chi connectivity index (χ1) is 9.93. The Morgan fingerprint density at radius 2 is 2.24 bits per heavy atom. The van der Waals surface area contributed by atoms with Crippen molar-refractivity contribution in [3.05, 3.63) is 35.0 Å². The van der Waals surface area contributed by atoms with Gasteiger partial charge in [-0.2, -0.15) is 5.26 Å². The molecule has 0 aliphatic heterocycles. The molecule has 0 unspecified atom stereocenters. The van der Waals surface area contributed by atoms with Crippen LogP contribution < -0.4 is 16.4 Å². The maximum Gasteiger partial charge on any atom is 0.267 e. The van der Waals surface area contributed by atoms with E-state index in [2.05, 4.69) is 10.6 Å². The van der Waals surface area contributed by atoms with Gasteiger partial charge in [-0.3, -0.25) is 4.79 Å². The number of anilines is 2. The fraction of sp³-hybridized carbons (Fsp3) is 0.286. The molecule has 112 valence electrons. The van der Waals surface area contributed by atoms with Crippen LogP contribution in [0.3, 0.4) is 0 Å². The molecule has 21 heavy (non-hydrogen) atoms. The van der Waals surface area contributed by atoms with Gasteiger partial charge in [0.25, 0.3) is 5.91 Å². The lowest BCUT2D eigenvalue weighted by Crippen LogP contribution is -2.24. The average Bonchev–Trinajstić information content (AvgIpc) is 2.41. The smallest absolute Gasteiger partial charge is 0.267 e. The molecule has 0 saturated heterocycles. The highest BCUT2D eigenvalue weighted by Crippen LogP contribution is 2.24. The molecule has 0 aromatic heterocycles. The molecule has 0 spiro atoms. The van der Waals surface area contributed by atoms with Gasteiger partial charge < -0.3 is 21.3 Å². The summed E-state index contributed by atoms with van der Waals surface area (Å²) in [5, 5.41) is 14.8. The van der Waals surface area contributed by atoms with Crippen molar-refractivity contribution in [2.45, 2.75) is 0 Å². The van der Waals surface area contributed by atoms with Crippen LogP contribution in [0.25, 0.3) is 0 Å². The summed E-state index contributed by atoms with van der Waals surface area (Å²) in [6.07, 6.45) is 1.39. The van der Waals surface area contributed by atoms with E-state index in [-0.39, 0.29) is 5.57 Å². The second-order valence-corrected chi connectivity index (χ2v) is 5.03. The average molecular weight is 308 g/mol. The Morgan fingerprint density at radius 1 is 1.52 bits per heavy atom. The minimum Gasteiger partial charge on any atom is -0.399 e. The van der Waals surface area contributed by atoms with Gasteiger partial charge in [0, 0.05) is 25.0 Å². The summed E-state index contributed by atoms with van der Waals surface area (Å²) in [7, 11) is 3.87. The molecule has 0 aliphatic carbocycles. The first kappa shape index (κ1) is 16.8. The van der Waals surface area contributed by atoms with Crippen LogP contribution >= 0.6 is 11.6 Å². The number of amides is 1. The van der Waals surface area contributed by atoms with E-state index in [0.717, 1.165) is 6.54 Å². The van der Waals surface area contributed by atoms with Crippen LogP contribution in [-0.2, 0) is 4.79 Å². The third-order valence-corrected chi connectivity index (χ3v) is 2.87. The second-order valence-electron chi connectivity index (χ2n) is 4.62. The SMILES string of the molecule is CN(C)CCN/C=C(/C#N)C(=O)Nc1ccc(N)cc1Cl. The van der Waals surface area contributed by atoms with Crippen LogP contribution in [0.1, 0.15) is 0 Å². The van der Waals surface area contributed by atoms with Crippen LogP contribution in [0.4, 0.5) is 11.4 Å². The number of nitrogens with two attached hydrogens (primary N) is 1. The third-order valence-electron chi connectivity index (χ3n) is 2.56. The number of halogens is 1. The maximum absolute atomic E-state index is 12.0. The molecule has 0 fully saturated rings. The highest BCUT2D eigenvalue weighted by atomic mass is 35.5. The van der Waals surface area contributed by atoms with E-state index in [4.69, 9.17) is 22.6 Å². The summed E-state index contributed by atoms with van der Waals surface area (Å²) in [6.45, 7) is 1.43. The third kappa shape index (κ3) is 5.73. The van der Waals surface area contributed by atoms with Gasteiger partial charge in [0.1, 0.15) is 11.6 Å². The summed E-state index contributed by atoms with van der Waals surface area (Å²) in [4.78, 5) is 14.0. The number of rotatable bonds is 6. The van der Waals surface area contributed by atoms with E-state index in [1.807, 2.05) is 25.1 Å². The fourth-order valence-electron chi connectivity index (χ4n) is 1.43. The lowest BCUT2D eigenvalue weighted by molar-refractivity contribution is -0.112. The lowest BCUT2D eigenvalue weighted by Gasteiger charge is -2.09. The number of carbonyl (C=O) groups excluding carboxylic acids is 1. The van der Waals surface area contributed by atoms with Gasteiger partial charge in [-0.15, -0.1) is 0 Å². The van der Waals surface area contributed by atoms with Crippen LogP contribution in [-0.4, -0.2) is 38.0 Å². The highest BCUT2D eigenvalue weighted by molar-refractivity contribution is 6.34. The molecule has 0 saturated carbocycles. The van der Waals surface area contributed by atoms with Crippen molar-refractivity contribution in [2.24, 2.45) is 0 Å². The van der Waals surface area contributed by atoms with E-state index in [0.29, 0.717) is 22.9 Å². The molecule has 1 amide bonds. The number of likely N-dealkylation sites (N-methyl/N-ethyl adjacent to an activating group) is 1. The Labute approximate surface area is 129 Å². The monoisotopic (exact) mass is 307 g/mol. The van der Waals surface area contributed by atoms with Crippen molar-refractivity contribution < 1.29 is 4.79 Å². The van der Waals surface area contributed by atoms with Crippen LogP contribution in [0, 0.1) is 11.3 Å². The predicted octanol–water partition coefficient (Wildman–Crippen LogP) is 1.42. The zero-order valence-electron chi connectivity index (χ0n) is 12.0. The number of nitrogens with zero attached hydrogens (tertiary/aromatic N) is 2. The summed E-state index contributed by atoms with van der Waals surface area (Å²) >= 11 is 5.96. The second kappa shape index (κ2) is 8.15. The number of nitrogen functional groups attached to an aromatic ring is 1. The molecule has 7 heteroatoms. The first-order valence-electron chi connectivity index (χ1n) is 6.28. The molecule has 0 heterocycles. The Balaban J connectivity index is 2.67. The van der Waals surface area contributed by atoms with E-state index < -0.39 is 5.91 Å². The number of carbonyl (C=O) groups is 1. The predicted molar refractivity (Wildman–Crippen MR) is 84.7 cm³/mol. The van der Waals surface area contributed by atoms with Gasteiger partial charge in [-0.1, -0.05) is 11.6 Å². The normalized spacial score (nSPS) is 11.1. The number of hydrogen-bond donors (Lipinski definition) is 3. The molecule has 0 radical (unpaired) electrons. The van der Waals surface area contributed by atoms with Crippen LogP contribution in [0.5, 0.6) is 0 Å². The van der Waals surface area contributed by atoms with Gasteiger partial charge in [0.15, 0.2) is 0 Å². The van der Waals surface area contributed by atoms with Gasteiger partial charge in [0.2, 0.25) is 0 Å². The minimum atomic E-state index is -0.526. The van der Waals surface area contributed by atoms with E-state index in [1.165, 1.54) is 12.3 Å². The molecule has 1 rings (SSSR count). The van der Waals surface area contributed by atoms with Crippen molar-refractivity contribution >= 4 is 28.9 Å². The molecule has 1 aromatic rings. The molecule has 0 atom stereocenters. The first-order valence-corrected chi connectivity index (χ1v) is 6.66. The van der Waals surface area contributed by atoms with E-state index in [9.17, 15) is 4.79 Å². The molecule has 6 nitrogen and oxygen atoms in total. The van der Waals surface area contributed by atoms with Crippen molar-refractivity contribution in [3.63, 3.8) is 0 Å². The molecular weight excluding hydrogens is 290 g/mol. The summed E-state index contributed by atoms with van der Waals surface area (Å²) in [5.74, 6) is -0.526. The Hall–Kier alpha value is -2.23. The van der Waals surface area contributed by atoms with Crippen molar-refractivity contribution in [3.8, 4) is 6.07 Å². The largest absolute Gasteiger partial charge is 0.399 e. The van der Waals surface area contributed by atoms with E-state index >= 15 is 0 Å². The van der Waals surface area contributed by atoms with Crippen LogP contribution in [0.2, 0.25) is 5.02 Å². The minimum absolute atomic E-state index is 0.0263. The van der Waals surface area contributed by atoms with Crippen molar-refractivity contribution in [2.75, 3.05) is 38.2 Å². The Bertz CT molecular complexity index is 577.